The molecule has 0 saturated heterocycles. The Hall–Kier alpha value is -1.15. The molecule has 0 aliphatic carbocycles. The standard InChI is InChI=1S/C13H18O2/c1-10(2)15-9-13(14)11(3)12-7-5-4-6-8-12/h4-8,10-11H,9H2,1-3H3. The number of ketones is 1. The third-order valence-corrected chi connectivity index (χ3v) is 2.34. The zero-order chi connectivity index (χ0) is 11.3. The summed E-state index contributed by atoms with van der Waals surface area (Å²) < 4.78 is 5.30. The molecule has 0 aliphatic heterocycles. The van der Waals surface area contributed by atoms with E-state index in [-0.39, 0.29) is 24.4 Å². The maximum Gasteiger partial charge on any atom is 0.165 e. The molecule has 2 nitrogen and oxygen atoms in total. The Kier molecular flexibility index (Phi) is 4.50. The summed E-state index contributed by atoms with van der Waals surface area (Å²) in [5, 5.41) is 0. The van der Waals surface area contributed by atoms with Gasteiger partial charge in [-0.05, 0) is 19.4 Å². The van der Waals surface area contributed by atoms with E-state index in [4.69, 9.17) is 4.74 Å². The molecule has 1 aromatic carbocycles. The van der Waals surface area contributed by atoms with Crippen LogP contribution in [0.5, 0.6) is 0 Å². The average molecular weight is 206 g/mol. The van der Waals surface area contributed by atoms with Crippen LogP contribution in [0, 0.1) is 0 Å². The van der Waals surface area contributed by atoms with Gasteiger partial charge in [0.05, 0.1) is 6.10 Å². The molecule has 0 spiro atoms. The summed E-state index contributed by atoms with van der Waals surface area (Å²) in [5.41, 5.74) is 1.05. The lowest BCUT2D eigenvalue weighted by Crippen LogP contribution is -2.18. The van der Waals surface area contributed by atoms with Gasteiger partial charge >= 0.3 is 0 Å². The number of Topliss-reactive ketones (excluding diaryl/α,β-unsaturated/α-hetero) is 1. The minimum atomic E-state index is -0.0788. The molecule has 2 heteroatoms. The normalized spacial score (nSPS) is 12.8. The monoisotopic (exact) mass is 206 g/mol. The molecular formula is C13H18O2. The zero-order valence-electron chi connectivity index (χ0n) is 9.57. The van der Waals surface area contributed by atoms with Gasteiger partial charge in [-0.3, -0.25) is 4.79 Å². The van der Waals surface area contributed by atoms with Gasteiger partial charge in [-0.2, -0.15) is 0 Å². The first kappa shape index (κ1) is 11.9. The number of carbonyl (C=O) groups excluding carboxylic acids is 1. The topological polar surface area (TPSA) is 26.3 Å². The van der Waals surface area contributed by atoms with Gasteiger partial charge in [0, 0.05) is 5.92 Å². The molecule has 0 aliphatic rings. The third kappa shape index (κ3) is 3.84. The molecule has 0 N–H and O–H groups in total. The van der Waals surface area contributed by atoms with E-state index in [1.54, 1.807) is 0 Å². The molecule has 15 heavy (non-hydrogen) atoms. The van der Waals surface area contributed by atoms with E-state index in [0.717, 1.165) is 5.56 Å². The van der Waals surface area contributed by atoms with Crippen molar-refractivity contribution in [1.82, 2.24) is 0 Å². The van der Waals surface area contributed by atoms with Crippen molar-refractivity contribution >= 4 is 5.78 Å². The fourth-order valence-corrected chi connectivity index (χ4v) is 1.30. The van der Waals surface area contributed by atoms with E-state index >= 15 is 0 Å². The molecule has 1 atom stereocenters. The number of hydrogen-bond donors (Lipinski definition) is 0. The Morgan fingerprint density at radius 1 is 1.20 bits per heavy atom. The Morgan fingerprint density at radius 3 is 2.33 bits per heavy atom. The van der Waals surface area contributed by atoms with Crippen molar-refractivity contribution in [3.63, 3.8) is 0 Å². The second-order valence-electron chi connectivity index (χ2n) is 3.96. The van der Waals surface area contributed by atoms with Gasteiger partial charge < -0.3 is 4.74 Å². The SMILES string of the molecule is CC(C)OCC(=O)C(C)c1ccccc1. The first-order valence-corrected chi connectivity index (χ1v) is 5.30. The molecule has 0 aromatic heterocycles. The molecule has 0 radical (unpaired) electrons. The van der Waals surface area contributed by atoms with Crippen LogP contribution in [-0.4, -0.2) is 18.5 Å². The van der Waals surface area contributed by atoms with Crippen molar-refractivity contribution in [1.29, 1.82) is 0 Å². The summed E-state index contributed by atoms with van der Waals surface area (Å²) in [6.45, 7) is 5.98. The fraction of sp³-hybridized carbons (Fsp3) is 0.462. The van der Waals surface area contributed by atoms with Crippen LogP contribution in [0.4, 0.5) is 0 Å². The molecule has 0 saturated carbocycles. The van der Waals surface area contributed by atoms with E-state index < -0.39 is 0 Å². The minimum absolute atomic E-state index is 0.0788. The van der Waals surface area contributed by atoms with Gasteiger partial charge in [-0.15, -0.1) is 0 Å². The number of hydrogen-bond acceptors (Lipinski definition) is 2. The Morgan fingerprint density at radius 2 is 1.80 bits per heavy atom. The third-order valence-electron chi connectivity index (χ3n) is 2.34. The minimum Gasteiger partial charge on any atom is -0.371 e. The second kappa shape index (κ2) is 5.66. The average Bonchev–Trinajstić information content (AvgIpc) is 2.26. The van der Waals surface area contributed by atoms with Crippen LogP contribution in [0.3, 0.4) is 0 Å². The van der Waals surface area contributed by atoms with Crippen LogP contribution in [0.2, 0.25) is 0 Å². The van der Waals surface area contributed by atoms with Crippen molar-refractivity contribution < 1.29 is 9.53 Å². The summed E-state index contributed by atoms with van der Waals surface area (Å²) in [5.74, 6) is 0.0554. The van der Waals surface area contributed by atoms with Crippen molar-refractivity contribution in [3.05, 3.63) is 35.9 Å². The Labute approximate surface area is 91.3 Å². The van der Waals surface area contributed by atoms with E-state index in [9.17, 15) is 4.79 Å². The van der Waals surface area contributed by atoms with E-state index in [0.29, 0.717) is 0 Å². The summed E-state index contributed by atoms with van der Waals surface area (Å²) >= 11 is 0. The van der Waals surface area contributed by atoms with E-state index in [1.807, 2.05) is 51.1 Å². The molecule has 1 rings (SSSR count). The van der Waals surface area contributed by atoms with Gasteiger partial charge in [0.1, 0.15) is 6.61 Å². The smallest absolute Gasteiger partial charge is 0.165 e. The quantitative estimate of drug-likeness (QED) is 0.740. The van der Waals surface area contributed by atoms with Crippen LogP contribution in [0.15, 0.2) is 30.3 Å². The highest BCUT2D eigenvalue weighted by atomic mass is 16.5. The maximum atomic E-state index is 11.7. The fourth-order valence-electron chi connectivity index (χ4n) is 1.30. The molecule has 82 valence electrons. The predicted octanol–water partition coefficient (Wildman–Crippen LogP) is 2.78. The summed E-state index contributed by atoms with van der Waals surface area (Å²) in [7, 11) is 0. The predicted molar refractivity (Wildman–Crippen MR) is 61.0 cm³/mol. The number of benzene rings is 1. The van der Waals surface area contributed by atoms with Crippen LogP contribution in [0.1, 0.15) is 32.3 Å². The lowest BCUT2D eigenvalue weighted by atomic mass is 9.97. The van der Waals surface area contributed by atoms with Crippen molar-refractivity contribution in [2.45, 2.75) is 32.8 Å². The van der Waals surface area contributed by atoms with Gasteiger partial charge in [-0.1, -0.05) is 37.3 Å². The van der Waals surface area contributed by atoms with Gasteiger partial charge in [0.15, 0.2) is 5.78 Å². The Bertz CT molecular complexity index is 304. The highest BCUT2D eigenvalue weighted by Gasteiger charge is 2.15. The first-order chi connectivity index (χ1) is 7.11. The van der Waals surface area contributed by atoms with Crippen LogP contribution >= 0.6 is 0 Å². The second-order valence-corrected chi connectivity index (χ2v) is 3.96. The van der Waals surface area contributed by atoms with Crippen LogP contribution < -0.4 is 0 Å². The number of ether oxygens (including phenoxy) is 1. The molecule has 0 heterocycles. The largest absolute Gasteiger partial charge is 0.371 e. The van der Waals surface area contributed by atoms with Gasteiger partial charge in [0.2, 0.25) is 0 Å². The molecule has 1 aromatic rings. The van der Waals surface area contributed by atoms with Crippen molar-refractivity contribution in [2.75, 3.05) is 6.61 Å². The zero-order valence-corrected chi connectivity index (χ0v) is 9.57. The summed E-state index contributed by atoms with van der Waals surface area (Å²) in [4.78, 5) is 11.7. The van der Waals surface area contributed by atoms with E-state index in [1.165, 1.54) is 0 Å². The summed E-state index contributed by atoms with van der Waals surface area (Å²) in [6, 6.07) is 9.78. The van der Waals surface area contributed by atoms with Crippen molar-refractivity contribution in [3.8, 4) is 0 Å². The first-order valence-electron chi connectivity index (χ1n) is 5.30. The molecular weight excluding hydrogens is 188 g/mol. The number of carbonyl (C=O) groups is 1. The van der Waals surface area contributed by atoms with Crippen molar-refractivity contribution in [2.24, 2.45) is 0 Å². The number of rotatable bonds is 5. The highest BCUT2D eigenvalue weighted by molar-refractivity contribution is 5.86. The van der Waals surface area contributed by atoms with Gasteiger partial charge in [0.25, 0.3) is 0 Å². The lowest BCUT2D eigenvalue weighted by molar-refractivity contribution is -0.126. The highest BCUT2D eigenvalue weighted by Crippen LogP contribution is 2.15. The molecule has 0 amide bonds. The lowest BCUT2D eigenvalue weighted by Gasteiger charge is -2.12. The molecule has 0 fully saturated rings. The molecule has 1 unspecified atom stereocenters. The van der Waals surface area contributed by atoms with Gasteiger partial charge in [-0.25, -0.2) is 0 Å². The summed E-state index contributed by atoms with van der Waals surface area (Å²) in [6.07, 6.45) is 0.108. The Balaban J connectivity index is 2.54. The van der Waals surface area contributed by atoms with Crippen LogP contribution in [0.25, 0.3) is 0 Å². The molecule has 0 bridgehead atoms. The van der Waals surface area contributed by atoms with E-state index in [2.05, 4.69) is 0 Å². The van der Waals surface area contributed by atoms with Crippen LogP contribution in [-0.2, 0) is 9.53 Å². The maximum absolute atomic E-state index is 11.7.